The van der Waals surface area contributed by atoms with Crippen molar-refractivity contribution in [2.75, 3.05) is 26.9 Å². The highest BCUT2D eigenvalue weighted by Crippen LogP contribution is 2.33. The molecule has 3 rings (SSSR count). The molecule has 1 atom stereocenters. The van der Waals surface area contributed by atoms with Crippen LogP contribution in [0.25, 0.3) is 0 Å². The van der Waals surface area contributed by atoms with Crippen LogP contribution < -0.4 is 15.0 Å². The van der Waals surface area contributed by atoms with Gasteiger partial charge in [0.25, 0.3) is 5.91 Å². The van der Waals surface area contributed by atoms with Crippen molar-refractivity contribution in [2.45, 2.75) is 37.6 Å². The van der Waals surface area contributed by atoms with Crippen LogP contribution in [0.2, 0.25) is 5.02 Å². The Morgan fingerprint density at radius 2 is 1.88 bits per heavy atom. The molecule has 6 nitrogen and oxygen atoms in total. The van der Waals surface area contributed by atoms with E-state index in [1.807, 2.05) is 19.2 Å². The van der Waals surface area contributed by atoms with E-state index in [2.05, 4.69) is 5.32 Å². The Morgan fingerprint density at radius 3 is 2.56 bits per heavy atom. The quantitative estimate of drug-likeness (QED) is 0.749. The Bertz CT molecular complexity index is 629. The number of rotatable bonds is 6. The van der Waals surface area contributed by atoms with E-state index in [0.717, 1.165) is 42.8 Å². The number of nitrogens with one attached hydrogen (secondary N) is 2. The Kier molecular flexibility index (Phi) is 5.49. The lowest BCUT2D eigenvalue weighted by Crippen LogP contribution is -3.11. The summed E-state index contributed by atoms with van der Waals surface area (Å²) in [6.07, 6.45) is 4.65. The van der Waals surface area contributed by atoms with Crippen molar-refractivity contribution in [3.8, 4) is 5.75 Å². The van der Waals surface area contributed by atoms with Gasteiger partial charge < -0.3 is 15.0 Å². The number of amides is 3. The van der Waals surface area contributed by atoms with Crippen molar-refractivity contribution >= 4 is 23.5 Å². The third kappa shape index (κ3) is 4.07. The third-order valence-corrected chi connectivity index (χ3v) is 5.24. The van der Waals surface area contributed by atoms with Crippen LogP contribution in [0.15, 0.2) is 24.3 Å². The Labute approximate surface area is 153 Å². The summed E-state index contributed by atoms with van der Waals surface area (Å²) in [5, 5.41) is 3.61. The fourth-order valence-electron chi connectivity index (χ4n) is 3.54. The fourth-order valence-corrected chi connectivity index (χ4v) is 3.66. The second kappa shape index (κ2) is 7.62. The van der Waals surface area contributed by atoms with E-state index in [1.54, 1.807) is 12.1 Å². The molecule has 1 unspecified atom stereocenters. The van der Waals surface area contributed by atoms with E-state index in [0.29, 0.717) is 24.8 Å². The molecule has 1 aromatic carbocycles. The smallest absolute Gasteiger partial charge is 0.329 e. The summed E-state index contributed by atoms with van der Waals surface area (Å²) in [6, 6.07) is 6.95. The maximum Gasteiger partial charge on any atom is 0.329 e. The molecule has 2 N–H and O–H groups in total. The highest BCUT2D eigenvalue weighted by atomic mass is 35.5. The van der Waals surface area contributed by atoms with Crippen LogP contribution in [0.4, 0.5) is 4.79 Å². The van der Waals surface area contributed by atoms with Crippen LogP contribution in [-0.2, 0) is 4.79 Å². The highest BCUT2D eigenvalue weighted by Gasteiger charge is 2.52. The van der Waals surface area contributed by atoms with E-state index in [-0.39, 0.29) is 11.9 Å². The molecule has 1 aliphatic carbocycles. The average molecular weight is 367 g/mol. The summed E-state index contributed by atoms with van der Waals surface area (Å²) in [4.78, 5) is 27.4. The van der Waals surface area contributed by atoms with Crippen molar-refractivity contribution in [1.82, 2.24) is 10.2 Å². The van der Waals surface area contributed by atoms with E-state index in [4.69, 9.17) is 16.3 Å². The summed E-state index contributed by atoms with van der Waals surface area (Å²) in [7, 11) is 1.96. The van der Waals surface area contributed by atoms with Gasteiger partial charge in [0.2, 0.25) is 0 Å². The molecular weight excluding hydrogens is 342 g/mol. The fraction of sp³-hybridized carbons (Fsp3) is 0.556. The molecular formula is C18H25ClN3O3+. The molecule has 0 bridgehead atoms. The lowest BCUT2D eigenvalue weighted by Gasteiger charge is -2.30. The minimum atomic E-state index is -0.643. The van der Waals surface area contributed by atoms with Crippen LogP contribution in [0.3, 0.4) is 0 Å². The van der Waals surface area contributed by atoms with E-state index in [9.17, 15) is 9.59 Å². The number of imide groups is 1. The Balaban J connectivity index is 1.48. The Hall–Kier alpha value is -1.79. The number of halogens is 1. The number of quaternary nitrogens is 1. The van der Waals surface area contributed by atoms with Crippen molar-refractivity contribution in [3.63, 3.8) is 0 Å². The van der Waals surface area contributed by atoms with Gasteiger partial charge in [0.15, 0.2) is 6.67 Å². The van der Waals surface area contributed by atoms with Gasteiger partial charge in [-0.1, -0.05) is 30.9 Å². The lowest BCUT2D eigenvalue weighted by atomic mass is 9.82. The van der Waals surface area contributed by atoms with Gasteiger partial charge in [0.1, 0.15) is 24.4 Å². The molecule has 1 saturated heterocycles. The molecule has 1 aromatic rings. The summed E-state index contributed by atoms with van der Waals surface area (Å²) in [6.45, 7) is 1.55. The molecule has 1 heterocycles. The number of hydrogen-bond acceptors (Lipinski definition) is 3. The summed E-state index contributed by atoms with van der Waals surface area (Å²) in [5.41, 5.74) is -0.643. The van der Waals surface area contributed by atoms with Gasteiger partial charge in [0, 0.05) is 5.02 Å². The standard InChI is InChI=1S/C18H24ClN3O3/c1-21(11-12-25-15-7-5-14(19)6-8-15)13-22-16(23)18(20-17(22)24)9-3-2-4-10-18/h5-8H,2-4,9-13H2,1H3,(H,20,24)/p+1. The van der Waals surface area contributed by atoms with Gasteiger partial charge >= 0.3 is 6.03 Å². The number of carbonyl (C=O) groups is 2. The highest BCUT2D eigenvalue weighted by molar-refractivity contribution is 6.30. The number of benzene rings is 1. The molecule has 2 aliphatic rings. The van der Waals surface area contributed by atoms with Crippen LogP contribution >= 0.6 is 11.6 Å². The van der Waals surface area contributed by atoms with Gasteiger partial charge in [-0.2, -0.15) is 0 Å². The number of likely N-dealkylation sites (N-methyl/N-ethyl adjacent to an activating group) is 1. The summed E-state index contributed by atoms with van der Waals surface area (Å²) in [5.74, 6) is 0.698. The zero-order chi connectivity index (χ0) is 17.9. The van der Waals surface area contributed by atoms with Gasteiger partial charge in [0.05, 0.1) is 7.05 Å². The second-order valence-corrected chi connectivity index (χ2v) is 7.41. The van der Waals surface area contributed by atoms with E-state index < -0.39 is 5.54 Å². The van der Waals surface area contributed by atoms with Crippen LogP contribution in [-0.4, -0.2) is 49.2 Å². The number of carbonyl (C=O) groups excluding carboxylic acids is 2. The molecule has 136 valence electrons. The summed E-state index contributed by atoms with van der Waals surface area (Å²) >= 11 is 5.85. The van der Waals surface area contributed by atoms with Crippen molar-refractivity contribution in [3.05, 3.63) is 29.3 Å². The second-order valence-electron chi connectivity index (χ2n) is 6.97. The van der Waals surface area contributed by atoms with Crippen molar-refractivity contribution in [1.29, 1.82) is 0 Å². The van der Waals surface area contributed by atoms with Gasteiger partial charge in [-0.25, -0.2) is 9.69 Å². The molecule has 0 aromatic heterocycles. The molecule has 0 radical (unpaired) electrons. The van der Waals surface area contributed by atoms with Crippen molar-refractivity contribution in [2.24, 2.45) is 0 Å². The molecule has 7 heteroatoms. The summed E-state index contributed by atoms with van der Waals surface area (Å²) < 4.78 is 5.68. The first kappa shape index (κ1) is 18.0. The zero-order valence-electron chi connectivity index (χ0n) is 14.5. The Morgan fingerprint density at radius 1 is 1.20 bits per heavy atom. The molecule has 2 fully saturated rings. The zero-order valence-corrected chi connectivity index (χ0v) is 15.3. The molecule has 1 aliphatic heterocycles. The first-order chi connectivity index (χ1) is 12.0. The SMILES string of the molecule is C[NH+](CCOc1ccc(Cl)cc1)CN1C(=O)NC2(CCCCC2)C1=O. The maximum atomic E-state index is 12.7. The molecule has 3 amide bonds. The van der Waals surface area contributed by atoms with E-state index >= 15 is 0 Å². The lowest BCUT2D eigenvalue weighted by molar-refractivity contribution is -0.887. The number of urea groups is 1. The molecule has 25 heavy (non-hydrogen) atoms. The largest absolute Gasteiger partial charge is 0.488 e. The monoisotopic (exact) mass is 366 g/mol. The third-order valence-electron chi connectivity index (χ3n) is 4.99. The minimum absolute atomic E-state index is 0.0600. The molecule has 1 saturated carbocycles. The van der Waals surface area contributed by atoms with Crippen molar-refractivity contribution < 1.29 is 19.2 Å². The van der Waals surface area contributed by atoms with Gasteiger partial charge in [-0.3, -0.25) is 4.79 Å². The first-order valence-electron chi connectivity index (χ1n) is 8.84. The predicted molar refractivity (Wildman–Crippen MR) is 94.8 cm³/mol. The number of ether oxygens (including phenoxy) is 1. The normalized spacial score (nSPS) is 20.6. The maximum absolute atomic E-state index is 12.7. The first-order valence-corrected chi connectivity index (χ1v) is 9.22. The van der Waals surface area contributed by atoms with Gasteiger partial charge in [-0.15, -0.1) is 0 Å². The van der Waals surface area contributed by atoms with Crippen LogP contribution in [0.1, 0.15) is 32.1 Å². The minimum Gasteiger partial charge on any atom is -0.488 e. The average Bonchev–Trinajstić information content (AvgIpc) is 2.81. The topological polar surface area (TPSA) is 63.1 Å². The van der Waals surface area contributed by atoms with Gasteiger partial charge in [-0.05, 0) is 37.1 Å². The number of hydrogen-bond donors (Lipinski definition) is 2. The van der Waals surface area contributed by atoms with Crippen LogP contribution in [0.5, 0.6) is 5.75 Å². The molecule has 1 spiro atoms. The predicted octanol–water partition coefficient (Wildman–Crippen LogP) is 1.45. The van der Waals surface area contributed by atoms with Crippen LogP contribution in [0, 0.1) is 0 Å². The number of nitrogens with zero attached hydrogens (tertiary/aromatic N) is 1. The van der Waals surface area contributed by atoms with E-state index in [1.165, 1.54) is 4.90 Å².